The average molecular weight is 423 g/mol. The van der Waals surface area contributed by atoms with Crippen molar-refractivity contribution >= 4 is 33.2 Å². The average Bonchev–Trinajstić information content (AvgIpc) is 3.47. The maximum Gasteiger partial charge on any atom is 0.252 e. The summed E-state index contributed by atoms with van der Waals surface area (Å²) in [6, 6.07) is 3.39. The molecule has 150 valence electrons. The second kappa shape index (κ2) is 6.76. The molecule has 4 aliphatic rings. The van der Waals surface area contributed by atoms with E-state index in [0.717, 1.165) is 6.42 Å². The Hall–Kier alpha value is -1.55. The lowest BCUT2D eigenvalue weighted by atomic mass is 9.85. The summed E-state index contributed by atoms with van der Waals surface area (Å²) in [6.07, 6.45) is 5.17. The van der Waals surface area contributed by atoms with Gasteiger partial charge in [-0.3, -0.25) is 14.5 Å². The molecule has 1 aromatic heterocycles. The Balaban J connectivity index is 1.16. The molecule has 1 aromatic rings. The van der Waals surface area contributed by atoms with Gasteiger partial charge in [-0.05, 0) is 29.7 Å². The first-order valence-electron chi connectivity index (χ1n) is 9.87. The Morgan fingerprint density at radius 2 is 1.71 bits per heavy atom. The van der Waals surface area contributed by atoms with Crippen molar-refractivity contribution in [3.05, 3.63) is 29.7 Å². The van der Waals surface area contributed by atoms with Crippen LogP contribution in [0.4, 0.5) is 0 Å². The molecule has 1 saturated carbocycles. The zero-order valence-electron chi connectivity index (χ0n) is 15.5. The number of carbonyl (C=O) groups is 2. The van der Waals surface area contributed by atoms with E-state index in [9.17, 15) is 18.0 Å². The lowest BCUT2D eigenvalue weighted by Crippen LogP contribution is -3.15. The number of allylic oxidation sites excluding steroid dienone is 2. The standard InChI is InChI=1S/C19H23N3O4S2/c23-18-16-13-3-4-14(12-13)17(16)19(24)22(18)10-7-20-5-8-21(9-6-20)28(25,26)15-2-1-11-27-15/h1-4,11,13-14,16-17H,5-10,12H2/p+1/t13-,14+,16-,17+. The van der Waals surface area contributed by atoms with Crippen molar-refractivity contribution in [3.63, 3.8) is 0 Å². The van der Waals surface area contributed by atoms with Crippen LogP contribution in [0.15, 0.2) is 33.9 Å². The number of carbonyl (C=O) groups excluding carboxylic acids is 2. The van der Waals surface area contributed by atoms with Crippen LogP contribution in [0.3, 0.4) is 0 Å². The number of amides is 2. The number of hydrogen-bond acceptors (Lipinski definition) is 5. The monoisotopic (exact) mass is 422 g/mol. The molecule has 9 heteroatoms. The number of fused-ring (bicyclic) bond motifs is 5. The van der Waals surface area contributed by atoms with Gasteiger partial charge < -0.3 is 4.90 Å². The van der Waals surface area contributed by atoms with Crippen LogP contribution in [-0.2, 0) is 19.6 Å². The van der Waals surface area contributed by atoms with E-state index in [0.29, 0.717) is 43.5 Å². The maximum absolute atomic E-state index is 12.8. The van der Waals surface area contributed by atoms with Gasteiger partial charge in [0.25, 0.3) is 10.0 Å². The molecule has 5 rings (SSSR count). The van der Waals surface area contributed by atoms with Gasteiger partial charge in [0, 0.05) is 0 Å². The first-order chi connectivity index (χ1) is 13.5. The third-order valence-electron chi connectivity index (χ3n) is 6.77. The molecule has 1 N–H and O–H groups in total. The number of thiophene rings is 1. The molecule has 2 amide bonds. The minimum atomic E-state index is -3.39. The predicted molar refractivity (Wildman–Crippen MR) is 103 cm³/mol. The quantitative estimate of drug-likeness (QED) is 0.510. The molecule has 3 fully saturated rings. The molecule has 2 saturated heterocycles. The highest BCUT2D eigenvalue weighted by molar-refractivity contribution is 7.91. The Labute approximate surface area is 168 Å². The number of rotatable bonds is 5. The summed E-state index contributed by atoms with van der Waals surface area (Å²) in [5, 5.41) is 1.77. The van der Waals surface area contributed by atoms with Crippen molar-refractivity contribution in [2.75, 3.05) is 39.3 Å². The third-order valence-corrected chi connectivity index (χ3v) is 10.0. The van der Waals surface area contributed by atoms with E-state index < -0.39 is 10.0 Å². The maximum atomic E-state index is 12.8. The first-order valence-corrected chi connectivity index (χ1v) is 12.2. The van der Waals surface area contributed by atoms with E-state index in [1.165, 1.54) is 21.1 Å². The van der Waals surface area contributed by atoms with Crippen molar-refractivity contribution in [3.8, 4) is 0 Å². The van der Waals surface area contributed by atoms with Gasteiger partial charge in [-0.1, -0.05) is 18.2 Å². The number of piperazine rings is 1. The summed E-state index contributed by atoms with van der Waals surface area (Å²) < 4.78 is 27.2. The summed E-state index contributed by atoms with van der Waals surface area (Å²) >= 11 is 1.24. The van der Waals surface area contributed by atoms with Crippen molar-refractivity contribution in [1.82, 2.24) is 9.21 Å². The molecule has 0 radical (unpaired) electrons. The largest absolute Gasteiger partial charge is 0.331 e. The van der Waals surface area contributed by atoms with Crippen LogP contribution in [-0.4, -0.2) is 68.7 Å². The molecule has 0 aromatic carbocycles. The zero-order chi connectivity index (χ0) is 19.5. The Morgan fingerprint density at radius 1 is 1.07 bits per heavy atom. The minimum absolute atomic E-state index is 0.00478. The number of sulfonamides is 1. The van der Waals surface area contributed by atoms with Gasteiger partial charge in [-0.2, -0.15) is 4.31 Å². The van der Waals surface area contributed by atoms with Crippen LogP contribution in [0.2, 0.25) is 0 Å². The highest BCUT2D eigenvalue weighted by atomic mass is 32.2. The van der Waals surface area contributed by atoms with E-state index in [2.05, 4.69) is 12.2 Å². The fraction of sp³-hybridized carbons (Fsp3) is 0.579. The SMILES string of the molecule is O=C1[C@@H]2[C@H](C(=O)N1CC[NH+]1CCN(S(=O)(=O)c3cccs3)CC1)[C@@H]1C=C[C@H]2C1. The van der Waals surface area contributed by atoms with Crippen molar-refractivity contribution in [2.24, 2.45) is 23.7 Å². The Morgan fingerprint density at radius 3 is 2.29 bits per heavy atom. The first kappa shape index (κ1) is 18.5. The normalized spacial score (nSPS) is 33.2. The summed E-state index contributed by atoms with van der Waals surface area (Å²) in [7, 11) is -3.39. The van der Waals surface area contributed by atoms with Crippen LogP contribution in [0.1, 0.15) is 6.42 Å². The summed E-state index contributed by atoms with van der Waals surface area (Å²) in [5.74, 6) is 0.232. The van der Waals surface area contributed by atoms with Crippen LogP contribution in [0, 0.1) is 23.7 Å². The lowest BCUT2D eigenvalue weighted by Gasteiger charge is -2.32. The highest BCUT2D eigenvalue weighted by Gasteiger charge is 2.59. The summed E-state index contributed by atoms with van der Waals surface area (Å²) in [5.41, 5.74) is 0. The van der Waals surface area contributed by atoms with Crippen molar-refractivity contribution in [2.45, 2.75) is 10.6 Å². The summed E-state index contributed by atoms with van der Waals surface area (Å²) in [6.45, 7) is 3.46. The second-order valence-corrected chi connectivity index (χ2v) is 11.3. The number of imide groups is 1. The van der Waals surface area contributed by atoms with Gasteiger partial charge in [0.05, 0.1) is 51.1 Å². The van der Waals surface area contributed by atoms with Gasteiger partial charge in [0.2, 0.25) is 11.8 Å². The highest BCUT2D eigenvalue weighted by Crippen LogP contribution is 2.52. The fourth-order valence-corrected chi connectivity index (χ4v) is 7.87. The minimum Gasteiger partial charge on any atom is -0.331 e. The van der Waals surface area contributed by atoms with Crippen LogP contribution in [0.5, 0.6) is 0 Å². The molecule has 2 aliphatic carbocycles. The number of likely N-dealkylation sites (tertiary alicyclic amines) is 1. The van der Waals surface area contributed by atoms with Gasteiger partial charge in [0.1, 0.15) is 4.21 Å². The van der Waals surface area contributed by atoms with E-state index in [1.807, 2.05) is 0 Å². The van der Waals surface area contributed by atoms with Crippen LogP contribution >= 0.6 is 11.3 Å². The molecular formula is C19H24N3O4S2+. The molecule has 2 bridgehead atoms. The number of quaternary nitrogens is 1. The number of nitrogens with zero attached hydrogens (tertiary/aromatic N) is 2. The molecule has 4 atom stereocenters. The van der Waals surface area contributed by atoms with Gasteiger partial charge in [-0.25, -0.2) is 8.42 Å². The van der Waals surface area contributed by atoms with Crippen molar-refractivity contribution in [1.29, 1.82) is 0 Å². The molecule has 7 nitrogen and oxygen atoms in total. The number of hydrogen-bond donors (Lipinski definition) is 1. The van der Waals surface area contributed by atoms with E-state index in [1.54, 1.807) is 21.8 Å². The molecule has 0 unspecified atom stereocenters. The van der Waals surface area contributed by atoms with Crippen molar-refractivity contribution < 1.29 is 22.9 Å². The molecule has 0 spiro atoms. The Kier molecular flexibility index (Phi) is 4.46. The van der Waals surface area contributed by atoms with E-state index >= 15 is 0 Å². The second-order valence-electron chi connectivity index (χ2n) is 8.16. The summed E-state index contributed by atoms with van der Waals surface area (Å²) in [4.78, 5) is 28.2. The van der Waals surface area contributed by atoms with Gasteiger partial charge in [0.15, 0.2) is 0 Å². The smallest absolute Gasteiger partial charge is 0.252 e. The fourth-order valence-electron chi connectivity index (χ4n) is 5.28. The molecule has 2 aliphatic heterocycles. The Bertz CT molecular complexity index is 889. The van der Waals surface area contributed by atoms with Crippen LogP contribution in [0.25, 0.3) is 0 Å². The molecular weight excluding hydrogens is 398 g/mol. The number of nitrogens with one attached hydrogen (secondary N) is 1. The van der Waals surface area contributed by atoms with Crippen LogP contribution < -0.4 is 4.90 Å². The molecule has 28 heavy (non-hydrogen) atoms. The lowest BCUT2D eigenvalue weighted by molar-refractivity contribution is -0.902. The predicted octanol–water partition coefficient (Wildman–Crippen LogP) is -0.556. The van der Waals surface area contributed by atoms with Gasteiger partial charge >= 0.3 is 0 Å². The van der Waals surface area contributed by atoms with E-state index in [-0.39, 0.29) is 35.5 Å². The zero-order valence-corrected chi connectivity index (χ0v) is 17.1. The molecule has 3 heterocycles. The topological polar surface area (TPSA) is 79.2 Å². The van der Waals surface area contributed by atoms with Gasteiger partial charge in [-0.15, -0.1) is 11.3 Å². The third kappa shape index (κ3) is 2.79. The van der Waals surface area contributed by atoms with E-state index in [4.69, 9.17) is 0 Å².